The first-order valence-corrected chi connectivity index (χ1v) is 11.0. The molecule has 6 nitrogen and oxygen atoms in total. The molecule has 0 aliphatic heterocycles. The number of nitrogens with one attached hydrogen (secondary N) is 1. The Kier molecular flexibility index (Phi) is 4.89. The molecule has 4 rings (SSSR count). The molecule has 0 unspecified atom stereocenters. The Labute approximate surface area is 174 Å². The molecule has 148 valence electrons. The summed E-state index contributed by atoms with van der Waals surface area (Å²) in [6.07, 6.45) is 1.78. The summed E-state index contributed by atoms with van der Waals surface area (Å²) in [4.78, 5) is 17.7. The van der Waals surface area contributed by atoms with Gasteiger partial charge in [0.05, 0.1) is 10.7 Å². The molecule has 0 saturated heterocycles. The number of anilines is 1. The fourth-order valence-corrected chi connectivity index (χ4v) is 5.25. The van der Waals surface area contributed by atoms with Gasteiger partial charge in [0.25, 0.3) is 10.0 Å². The monoisotopic (exact) mass is 449 g/mol. The molecule has 10 heteroatoms. The highest BCUT2D eigenvalue weighted by Gasteiger charge is 2.21. The lowest BCUT2D eigenvalue weighted by atomic mass is 10.1. The number of imidazole rings is 1. The molecular weight excluding hydrogens is 437 g/mol. The van der Waals surface area contributed by atoms with E-state index in [9.17, 15) is 17.6 Å². The molecule has 2 aromatic carbocycles. The van der Waals surface area contributed by atoms with Gasteiger partial charge in [-0.2, -0.15) is 0 Å². The van der Waals surface area contributed by atoms with Crippen LogP contribution in [0.5, 0.6) is 0 Å². The van der Waals surface area contributed by atoms with Crippen molar-refractivity contribution >= 4 is 49.4 Å². The number of hydrogen-bond acceptors (Lipinski definition) is 5. The number of carbonyl (C=O) groups is 1. The Balaban J connectivity index is 1.60. The topological polar surface area (TPSA) is 80.5 Å². The maximum atomic E-state index is 13.2. The van der Waals surface area contributed by atoms with Gasteiger partial charge in [-0.1, -0.05) is 11.6 Å². The SMILES string of the molecule is Cc1nc2sccn2c1C(=O)c1ccc(NS(=O)(=O)c2ccc(F)cc2Cl)cc1. The molecule has 0 fully saturated rings. The molecule has 0 saturated carbocycles. The van der Waals surface area contributed by atoms with Gasteiger partial charge >= 0.3 is 0 Å². The van der Waals surface area contributed by atoms with E-state index in [2.05, 4.69) is 9.71 Å². The van der Waals surface area contributed by atoms with Crippen molar-refractivity contribution in [3.8, 4) is 0 Å². The van der Waals surface area contributed by atoms with Gasteiger partial charge in [-0.25, -0.2) is 17.8 Å². The molecule has 0 radical (unpaired) electrons. The summed E-state index contributed by atoms with van der Waals surface area (Å²) in [7, 11) is -4.01. The van der Waals surface area contributed by atoms with Crippen LogP contribution in [-0.4, -0.2) is 23.6 Å². The standard InChI is InChI=1S/C19H13ClFN3O3S2/c1-11-17(24-8-9-28-19(24)22-11)18(25)12-2-5-14(6-3-12)23-29(26,27)16-7-4-13(21)10-15(16)20/h2-10,23H,1H3. The van der Waals surface area contributed by atoms with Crippen molar-refractivity contribution in [2.45, 2.75) is 11.8 Å². The summed E-state index contributed by atoms with van der Waals surface area (Å²) >= 11 is 7.28. The van der Waals surface area contributed by atoms with E-state index < -0.39 is 15.8 Å². The van der Waals surface area contributed by atoms with Crippen LogP contribution in [0, 0.1) is 12.7 Å². The van der Waals surface area contributed by atoms with Gasteiger partial charge in [0.2, 0.25) is 5.78 Å². The van der Waals surface area contributed by atoms with E-state index in [1.54, 1.807) is 17.5 Å². The number of thiazole rings is 1. The Morgan fingerprint density at radius 2 is 1.93 bits per heavy atom. The van der Waals surface area contributed by atoms with Crippen LogP contribution in [0.3, 0.4) is 0 Å². The van der Waals surface area contributed by atoms with Gasteiger partial charge in [-0.3, -0.25) is 13.9 Å². The number of carbonyl (C=O) groups excluding carboxylic acids is 1. The molecule has 0 spiro atoms. The minimum absolute atomic E-state index is 0.218. The Morgan fingerprint density at radius 1 is 1.21 bits per heavy atom. The number of benzene rings is 2. The molecule has 0 aliphatic rings. The van der Waals surface area contributed by atoms with E-state index in [0.717, 1.165) is 23.2 Å². The fourth-order valence-electron chi connectivity index (χ4n) is 2.90. The maximum Gasteiger partial charge on any atom is 0.263 e. The fraction of sp³-hybridized carbons (Fsp3) is 0.0526. The highest BCUT2D eigenvalue weighted by atomic mass is 35.5. The first-order chi connectivity index (χ1) is 13.8. The normalized spacial score (nSPS) is 11.7. The lowest BCUT2D eigenvalue weighted by molar-refractivity contribution is 0.103. The molecule has 0 aliphatic carbocycles. The predicted molar refractivity (Wildman–Crippen MR) is 110 cm³/mol. The van der Waals surface area contributed by atoms with E-state index in [1.165, 1.54) is 35.6 Å². The number of sulfonamides is 1. The van der Waals surface area contributed by atoms with Gasteiger partial charge in [0.1, 0.15) is 16.4 Å². The minimum Gasteiger partial charge on any atom is -0.287 e. The van der Waals surface area contributed by atoms with Gasteiger partial charge in [0.15, 0.2) is 4.96 Å². The third-order valence-electron chi connectivity index (χ3n) is 4.23. The van der Waals surface area contributed by atoms with E-state index in [1.807, 2.05) is 5.38 Å². The molecule has 0 atom stereocenters. The summed E-state index contributed by atoms with van der Waals surface area (Å²) in [6.45, 7) is 1.77. The second kappa shape index (κ2) is 7.25. The van der Waals surface area contributed by atoms with Crippen LogP contribution in [0.2, 0.25) is 5.02 Å². The van der Waals surface area contributed by atoms with Gasteiger partial charge in [-0.05, 0) is 49.4 Å². The van der Waals surface area contributed by atoms with Crippen molar-refractivity contribution in [2.24, 2.45) is 0 Å². The smallest absolute Gasteiger partial charge is 0.263 e. The van der Waals surface area contributed by atoms with Crippen molar-refractivity contribution in [1.82, 2.24) is 9.38 Å². The van der Waals surface area contributed by atoms with Crippen LogP contribution in [0.25, 0.3) is 4.96 Å². The van der Waals surface area contributed by atoms with Crippen LogP contribution in [-0.2, 0) is 10.0 Å². The third kappa shape index (κ3) is 3.64. The van der Waals surface area contributed by atoms with E-state index >= 15 is 0 Å². The molecule has 0 amide bonds. The lowest BCUT2D eigenvalue weighted by Gasteiger charge is -2.10. The predicted octanol–water partition coefficient (Wildman–Crippen LogP) is 4.53. The van der Waals surface area contributed by atoms with Gasteiger partial charge < -0.3 is 0 Å². The summed E-state index contributed by atoms with van der Waals surface area (Å²) in [5.41, 5.74) is 1.72. The van der Waals surface area contributed by atoms with E-state index in [4.69, 9.17) is 11.6 Å². The Morgan fingerprint density at radius 3 is 2.62 bits per heavy atom. The number of nitrogens with zero attached hydrogens (tertiary/aromatic N) is 2. The van der Waals surface area contributed by atoms with E-state index in [-0.39, 0.29) is 21.4 Å². The average Bonchev–Trinajstić information content (AvgIpc) is 3.21. The molecule has 2 heterocycles. The number of aryl methyl sites for hydroxylation is 1. The number of rotatable bonds is 5. The van der Waals surface area contributed by atoms with Crippen molar-refractivity contribution in [2.75, 3.05) is 4.72 Å². The molecule has 29 heavy (non-hydrogen) atoms. The van der Waals surface area contributed by atoms with Crippen LogP contribution in [0.1, 0.15) is 21.7 Å². The highest BCUT2D eigenvalue weighted by molar-refractivity contribution is 7.92. The van der Waals surface area contributed by atoms with Crippen LogP contribution >= 0.6 is 22.9 Å². The van der Waals surface area contributed by atoms with Crippen LogP contribution in [0.4, 0.5) is 10.1 Å². The zero-order valence-electron chi connectivity index (χ0n) is 14.9. The third-order valence-corrected chi connectivity index (χ3v) is 6.86. The summed E-state index contributed by atoms with van der Waals surface area (Å²) < 4.78 is 42.3. The summed E-state index contributed by atoms with van der Waals surface area (Å²) in [6, 6.07) is 9.03. The maximum absolute atomic E-state index is 13.2. The second-order valence-electron chi connectivity index (χ2n) is 6.19. The number of fused-ring (bicyclic) bond motifs is 1. The first kappa shape index (κ1) is 19.6. The van der Waals surface area contributed by atoms with E-state index in [0.29, 0.717) is 17.0 Å². The molecular formula is C19H13ClFN3O3S2. The zero-order valence-corrected chi connectivity index (χ0v) is 17.3. The van der Waals surface area contributed by atoms with Crippen molar-refractivity contribution in [3.63, 3.8) is 0 Å². The number of hydrogen-bond donors (Lipinski definition) is 1. The Bertz CT molecular complexity index is 1350. The molecule has 1 N–H and O–H groups in total. The lowest BCUT2D eigenvalue weighted by Crippen LogP contribution is -2.14. The second-order valence-corrected chi connectivity index (χ2v) is 9.12. The van der Waals surface area contributed by atoms with Crippen molar-refractivity contribution in [1.29, 1.82) is 0 Å². The quantitative estimate of drug-likeness (QED) is 0.454. The molecule has 2 aromatic heterocycles. The average molecular weight is 450 g/mol. The number of ketones is 1. The van der Waals surface area contributed by atoms with Crippen molar-refractivity contribution < 1.29 is 17.6 Å². The minimum atomic E-state index is -4.01. The number of aromatic nitrogens is 2. The zero-order chi connectivity index (χ0) is 20.8. The first-order valence-electron chi connectivity index (χ1n) is 8.31. The molecule has 0 bridgehead atoms. The molecule has 4 aromatic rings. The summed E-state index contributed by atoms with van der Waals surface area (Å²) in [5, 5.41) is 1.62. The van der Waals surface area contributed by atoms with Crippen LogP contribution in [0.15, 0.2) is 58.9 Å². The largest absolute Gasteiger partial charge is 0.287 e. The van der Waals surface area contributed by atoms with Crippen molar-refractivity contribution in [3.05, 3.63) is 81.8 Å². The Hall–Kier alpha value is -2.75. The number of halogens is 2. The summed E-state index contributed by atoms with van der Waals surface area (Å²) in [5.74, 6) is -0.851. The van der Waals surface area contributed by atoms with Gasteiger partial charge in [-0.15, -0.1) is 11.3 Å². The highest BCUT2D eigenvalue weighted by Crippen LogP contribution is 2.25. The van der Waals surface area contributed by atoms with Crippen LogP contribution < -0.4 is 4.72 Å². The van der Waals surface area contributed by atoms with Gasteiger partial charge in [0, 0.05) is 22.8 Å².